The summed E-state index contributed by atoms with van der Waals surface area (Å²) in [6.45, 7) is 6.11. The van der Waals surface area contributed by atoms with Gasteiger partial charge in [0.05, 0.1) is 30.3 Å². The Morgan fingerprint density at radius 2 is 1.85 bits per heavy atom. The number of aryl methyl sites for hydroxylation is 1. The Balaban J connectivity index is 1.36. The Hall–Kier alpha value is -3.32. The highest BCUT2D eigenvalue weighted by atomic mass is 16.5. The number of piperidine rings is 1. The fourth-order valence-corrected chi connectivity index (χ4v) is 4.53. The smallest absolute Gasteiger partial charge is 0.230 e. The number of rotatable bonds is 8. The van der Waals surface area contributed by atoms with Crippen LogP contribution in [0.4, 0.5) is 0 Å². The van der Waals surface area contributed by atoms with Crippen LogP contribution in [0.2, 0.25) is 0 Å². The van der Waals surface area contributed by atoms with Crippen molar-refractivity contribution in [1.82, 2.24) is 19.9 Å². The average molecular weight is 447 g/mol. The van der Waals surface area contributed by atoms with Gasteiger partial charge in [0.1, 0.15) is 6.33 Å². The van der Waals surface area contributed by atoms with E-state index in [4.69, 9.17) is 14.2 Å². The molecule has 2 aromatic carbocycles. The van der Waals surface area contributed by atoms with Gasteiger partial charge in [-0.05, 0) is 57.5 Å². The van der Waals surface area contributed by atoms with E-state index >= 15 is 0 Å². The largest absolute Gasteiger partial charge is 0.493 e. The van der Waals surface area contributed by atoms with Crippen molar-refractivity contribution in [2.75, 3.05) is 33.4 Å². The van der Waals surface area contributed by atoms with Crippen LogP contribution in [-0.4, -0.2) is 53.2 Å². The van der Waals surface area contributed by atoms with E-state index in [1.807, 2.05) is 43.3 Å². The molecule has 0 spiro atoms. The highest BCUT2D eigenvalue weighted by Gasteiger charge is 2.16. The van der Waals surface area contributed by atoms with Gasteiger partial charge in [0, 0.05) is 23.5 Å². The number of ether oxygens (including phenoxy) is 3. The number of methoxy groups -OCH3 is 1. The summed E-state index contributed by atoms with van der Waals surface area (Å²) in [6, 6.07) is 11.9. The maximum absolute atomic E-state index is 6.30. The number of likely N-dealkylation sites (tertiary alicyclic amines) is 1. The van der Waals surface area contributed by atoms with Crippen molar-refractivity contribution in [3.05, 3.63) is 48.4 Å². The third kappa shape index (κ3) is 4.59. The minimum atomic E-state index is 0.489. The van der Waals surface area contributed by atoms with Crippen molar-refractivity contribution in [3.63, 3.8) is 0 Å². The quantitative estimate of drug-likeness (QED) is 0.362. The van der Waals surface area contributed by atoms with Crippen molar-refractivity contribution in [1.29, 1.82) is 0 Å². The second kappa shape index (κ2) is 9.67. The van der Waals surface area contributed by atoms with Crippen molar-refractivity contribution < 1.29 is 14.2 Å². The van der Waals surface area contributed by atoms with Gasteiger partial charge >= 0.3 is 0 Å². The van der Waals surface area contributed by atoms with Crippen LogP contribution in [0, 0.1) is 6.92 Å². The lowest BCUT2D eigenvalue weighted by atomic mass is 10.1. The van der Waals surface area contributed by atoms with Gasteiger partial charge in [0.25, 0.3) is 0 Å². The standard InChI is InChI=1S/C26H30N4O3/c1-18-25(19-9-4-5-10-21(19)29-18)33-26-20-15-23(31-2)24(16-22(20)27-17-28-26)32-14-8-13-30-11-6-3-7-12-30/h4-5,9-10,15-17,29H,3,6-8,11-14H2,1-2H3. The molecular weight excluding hydrogens is 416 g/mol. The van der Waals surface area contributed by atoms with Crippen LogP contribution in [0.3, 0.4) is 0 Å². The lowest BCUT2D eigenvalue weighted by Gasteiger charge is -2.26. The number of benzene rings is 2. The highest BCUT2D eigenvalue weighted by molar-refractivity contribution is 5.90. The van der Waals surface area contributed by atoms with Gasteiger partial charge in [-0.15, -0.1) is 0 Å². The number of hydrogen-bond donors (Lipinski definition) is 1. The molecule has 1 N–H and O–H groups in total. The second-order valence-electron chi connectivity index (χ2n) is 8.53. The van der Waals surface area contributed by atoms with E-state index in [1.165, 1.54) is 38.7 Å². The summed E-state index contributed by atoms with van der Waals surface area (Å²) in [4.78, 5) is 14.7. The molecule has 2 aromatic heterocycles. The summed E-state index contributed by atoms with van der Waals surface area (Å²) in [7, 11) is 1.65. The van der Waals surface area contributed by atoms with Crippen LogP contribution in [0.15, 0.2) is 42.7 Å². The first-order valence-corrected chi connectivity index (χ1v) is 11.7. The summed E-state index contributed by atoms with van der Waals surface area (Å²) in [5, 5.41) is 1.79. The van der Waals surface area contributed by atoms with E-state index in [9.17, 15) is 0 Å². The summed E-state index contributed by atoms with van der Waals surface area (Å²) in [6.07, 6.45) is 6.48. The molecule has 172 valence electrons. The van der Waals surface area contributed by atoms with E-state index in [-0.39, 0.29) is 0 Å². The van der Waals surface area contributed by atoms with Gasteiger partial charge in [0.15, 0.2) is 17.2 Å². The lowest BCUT2D eigenvalue weighted by Crippen LogP contribution is -2.31. The summed E-state index contributed by atoms with van der Waals surface area (Å²) >= 11 is 0. The van der Waals surface area contributed by atoms with Crippen molar-refractivity contribution in [2.45, 2.75) is 32.6 Å². The fourth-order valence-electron chi connectivity index (χ4n) is 4.53. The highest BCUT2D eigenvalue weighted by Crippen LogP contribution is 2.38. The topological polar surface area (TPSA) is 72.5 Å². The first kappa shape index (κ1) is 21.5. The Labute approximate surface area is 193 Å². The number of fused-ring (bicyclic) bond motifs is 2. The minimum Gasteiger partial charge on any atom is -0.493 e. The molecule has 3 heterocycles. The van der Waals surface area contributed by atoms with Crippen LogP contribution >= 0.6 is 0 Å². The van der Waals surface area contributed by atoms with E-state index in [0.717, 1.165) is 46.2 Å². The molecule has 0 atom stereocenters. The van der Waals surface area contributed by atoms with Crippen molar-refractivity contribution in [3.8, 4) is 23.1 Å². The number of hydrogen-bond acceptors (Lipinski definition) is 6. The SMILES string of the molecule is COc1cc2c(Oc3c(C)[nH]c4ccccc34)ncnc2cc1OCCCN1CCCCC1. The number of aromatic amines is 1. The molecule has 0 unspecified atom stereocenters. The maximum atomic E-state index is 6.30. The Morgan fingerprint density at radius 1 is 1.00 bits per heavy atom. The summed E-state index contributed by atoms with van der Waals surface area (Å²) in [5.41, 5.74) is 2.73. The molecule has 7 nitrogen and oxygen atoms in total. The Morgan fingerprint density at radius 3 is 2.70 bits per heavy atom. The van der Waals surface area contributed by atoms with Gasteiger partial charge < -0.3 is 24.1 Å². The summed E-state index contributed by atoms with van der Waals surface area (Å²) in [5.74, 6) is 2.60. The van der Waals surface area contributed by atoms with E-state index in [0.29, 0.717) is 24.0 Å². The zero-order valence-electron chi connectivity index (χ0n) is 19.3. The third-order valence-electron chi connectivity index (χ3n) is 6.24. The maximum Gasteiger partial charge on any atom is 0.230 e. The number of nitrogens with zero attached hydrogens (tertiary/aromatic N) is 3. The molecule has 1 saturated heterocycles. The first-order chi connectivity index (χ1) is 16.2. The number of para-hydroxylation sites is 1. The molecule has 0 aliphatic carbocycles. The molecule has 0 saturated carbocycles. The van der Waals surface area contributed by atoms with Crippen LogP contribution in [0.1, 0.15) is 31.4 Å². The predicted molar refractivity (Wildman–Crippen MR) is 130 cm³/mol. The zero-order valence-corrected chi connectivity index (χ0v) is 19.3. The molecule has 7 heteroatoms. The van der Waals surface area contributed by atoms with Gasteiger partial charge in [0.2, 0.25) is 5.88 Å². The van der Waals surface area contributed by atoms with Gasteiger partial charge in [-0.1, -0.05) is 18.6 Å². The minimum absolute atomic E-state index is 0.489. The number of nitrogens with one attached hydrogen (secondary N) is 1. The Kier molecular flexibility index (Phi) is 6.30. The molecule has 0 amide bonds. The molecule has 4 aromatic rings. The molecule has 5 rings (SSSR count). The van der Waals surface area contributed by atoms with Crippen molar-refractivity contribution in [2.24, 2.45) is 0 Å². The molecular formula is C26H30N4O3. The lowest BCUT2D eigenvalue weighted by molar-refractivity contribution is 0.203. The van der Waals surface area contributed by atoms with Gasteiger partial charge in [-0.3, -0.25) is 0 Å². The average Bonchev–Trinajstić information content (AvgIpc) is 3.17. The van der Waals surface area contributed by atoms with E-state index in [2.05, 4.69) is 19.9 Å². The fraction of sp³-hybridized carbons (Fsp3) is 0.385. The molecule has 1 aliphatic rings. The monoisotopic (exact) mass is 446 g/mol. The van der Waals surface area contributed by atoms with Crippen LogP contribution in [-0.2, 0) is 0 Å². The normalized spacial score (nSPS) is 14.6. The number of aromatic nitrogens is 3. The van der Waals surface area contributed by atoms with E-state index < -0.39 is 0 Å². The predicted octanol–water partition coefficient (Wildman–Crippen LogP) is 5.48. The van der Waals surface area contributed by atoms with Gasteiger partial charge in [-0.25, -0.2) is 9.97 Å². The van der Waals surface area contributed by atoms with Gasteiger partial charge in [-0.2, -0.15) is 0 Å². The Bertz CT molecular complexity index is 1250. The van der Waals surface area contributed by atoms with Crippen molar-refractivity contribution >= 4 is 21.8 Å². The van der Waals surface area contributed by atoms with Crippen LogP contribution < -0.4 is 14.2 Å². The molecule has 1 fully saturated rings. The van der Waals surface area contributed by atoms with Crippen LogP contribution in [0.5, 0.6) is 23.1 Å². The second-order valence-corrected chi connectivity index (χ2v) is 8.53. The molecule has 0 bridgehead atoms. The van der Waals surface area contributed by atoms with Crippen LogP contribution in [0.25, 0.3) is 21.8 Å². The molecule has 0 radical (unpaired) electrons. The first-order valence-electron chi connectivity index (χ1n) is 11.7. The molecule has 33 heavy (non-hydrogen) atoms. The summed E-state index contributed by atoms with van der Waals surface area (Å²) < 4.78 is 18.0. The number of H-pyrrole nitrogens is 1. The van der Waals surface area contributed by atoms with E-state index in [1.54, 1.807) is 7.11 Å². The third-order valence-corrected chi connectivity index (χ3v) is 6.24. The zero-order chi connectivity index (χ0) is 22.6. The molecule has 1 aliphatic heterocycles.